The maximum atomic E-state index is 12.2. The lowest BCUT2D eigenvalue weighted by atomic mass is 9.76. The molecule has 1 aromatic carbocycles. The first-order chi connectivity index (χ1) is 11.6. The summed E-state index contributed by atoms with van der Waals surface area (Å²) in [5.41, 5.74) is 0.814. The van der Waals surface area contributed by atoms with Crippen LogP contribution in [0.3, 0.4) is 0 Å². The number of H-pyrrole nitrogens is 1. The molecule has 2 N–H and O–H groups in total. The Bertz CT molecular complexity index is 846. The third-order valence-electron chi connectivity index (χ3n) is 5.35. The van der Waals surface area contributed by atoms with Gasteiger partial charge in [0.25, 0.3) is 0 Å². The van der Waals surface area contributed by atoms with Crippen molar-refractivity contribution in [2.45, 2.75) is 13.0 Å². The zero-order valence-corrected chi connectivity index (χ0v) is 13.3. The number of nitrogens with zero attached hydrogens (tertiary/aromatic N) is 1. The molecule has 3 heterocycles. The summed E-state index contributed by atoms with van der Waals surface area (Å²) in [5.74, 6) is -0.669. The normalized spacial score (nSPS) is 27.2. The van der Waals surface area contributed by atoms with Crippen molar-refractivity contribution in [3.8, 4) is 0 Å². The zero-order chi connectivity index (χ0) is 16.7. The van der Waals surface area contributed by atoms with E-state index in [4.69, 9.17) is 4.74 Å². The molecule has 0 bridgehead atoms. The summed E-state index contributed by atoms with van der Waals surface area (Å²) in [7, 11) is 0. The fraction of sp³-hybridized carbons (Fsp3) is 0.444. The van der Waals surface area contributed by atoms with Gasteiger partial charge in [0.2, 0.25) is 0 Å². The molecule has 2 atom stereocenters. The number of carbonyl (C=O) groups is 1. The van der Waals surface area contributed by atoms with E-state index in [1.807, 2.05) is 18.2 Å². The summed E-state index contributed by atoms with van der Waals surface area (Å²) in [6.45, 7) is 2.63. The topological polar surface area (TPSA) is 82.6 Å². The Morgan fingerprint density at radius 1 is 1.42 bits per heavy atom. The highest BCUT2D eigenvalue weighted by atomic mass is 16.5. The van der Waals surface area contributed by atoms with Crippen molar-refractivity contribution in [2.24, 2.45) is 11.3 Å². The van der Waals surface area contributed by atoms with Gasteiger partial charge >= 0.3 is 5.97 Å². The molecule has 0 aliphatic carbocycles. The van der Waals surface area contributed by atoms with Gasteiger partial charge in [0.05, 0.1) is 6.61 Å². The molecule has 126 valence electrons. The van der Waals surface area contributed by atoms with Gasteiger partial charge in [-0.25, -0.2) is 0 Å². The van der Waals surface area contributed by atoms with Gasteiger partial charge < -0.3 is 14.8 Å². The second-order valence-corrected chi connectivity index (χ2v) is 6.87. The van der Waals surface area contributed by atoms with Crippen molar-refractivity contribution < 1.29 is 14.6 Å². The van der Waals surface area contributed by atoms with E-state index in [-0.39, 0.29) is 18.0 Å². The van der Waals surface area contributed by atoms with E-state index in [2.05, 4.69) is 9.88 Å². The van der Waals surface area contributed by atoms with Crippen LogP contribution >= 0.6 is 0 Å². The van der Waals surface area contributed by atoms with E-state index in [1.54, 1.807) is 12.1 Å². The molecule has 0 amide bonds. The SMILES string of the molecule is O=C(O)[C@]12COCC[C@H]1CN(Cc1cc(=O)c3ccccc3[nH]1)C2. The van der Waals surface area contributed by atoms with Crippen LogP contribution in [0.15, 0.2) is 35.1 Å². The summed E-state index contributed by atoms with van der Waals surface area (Å²) < 4.78 is 5.46. The van der Waals surface area contributed by atoms with Crippen LogP contribution in [0.2, 0.25) is 0 Å². The minimum Gasteiger partial charge on any atom is -0.481 e. The number of carboxylic acids is 1. The van der Waals surface area contributed by atoms with Gasteiger partial charge in [-0.2, -0.15) is 0 Å². The molecule has 0 saturated carbocycles. The number of hydrogen-bond acceptors (Lipinski definition) is 4. The standard InChI is InChI=1S/C18H20N2O4/c21-16-7-13(19-15-4-2-1-3-14(15)16)9-20-8-12-5-6-24-11-18(12,10-20)17(22)23/h1-4,7,12H,5-6,8-11H2,(H,19,21)(H,22,23)/t12-,18+/m0/s1. The van der Waals surface area contributed by atoms with Crippen LogP contribution in [0.5, 0.6) is 0 Å². The molecule has 0 unspecified atom stereocenters. The first-order valence-corrected chi connectivity index (χ1v) is 8.23. The van der Waals surface area contributed by atoms with E-state index in [0.29, 0.717) is 25.1 Å². The lowest BCUT2D eigenvalue weighted by molar-refractivity contribution is -0.159. The molecule has 6 nitrogen and oxygen atoms in total. The fourth-order valence-electron chi connectivity index (χ4n) is 4.09. The first-order valence-electron chi connectivity index (χ1n) is 8.23. The summed E-state index contributed by atoms with van der Waals surface area (Å²) in [4.78, 5) is 29.5. The van der Waals surface area contributed by atoms with Crippen LogP contribution in [-0.4, -0.2) is 47.3 Å². The summed E-state index contributed by atoms with van der Waals surface area (Å²) >= 11 is 0. The van der Waals surface area contributed by atoms with Crippen LogP contribution in [0.4, 0.5) is 0 Å². The quantitative estimate of drug-likeness (QED) is 0.891. The van der Waals surface area contributed by atoms with Crippen LogP contribution in [0.1, 0.15) is 12.1 Å². The Labute approximate surface area is 139 Å². The minimum atomic E-state index is -0.810. The third kappa shape index (κ3) is 2.42. The number of likely N-dealkylation sites (tertiary alicyclic amines) is 1. The van der Waals surface area contributed by atoms with E-state index < -0.39 is 11.4 Å². The largest absolute Gasteiger partial charge is 0.481 e. The van der Waals surface area contributed by atoms with Gasteiger partial charge in [0, 0.05) is 48.9 Å². The van der Waals surface area contributed by atoms with Gasteiger partial charge in [-0.1, -0.05) is 12.1 Å². The Balaban J connectivity index is 1.60. The number of aromatic amines is 1. The summed E-state index contributed by atoms with van der Waals surface area (Å²) in [5, 5.41) is 10.4. The second-order valence-electron chi connectivity index (χ2n) is 6.87. The fourth-order valence-corrected chi connectivity index (χ4v) is 4.09. The Hall–Kier alpha value is -2.18. The van der Waals surface area contributed by atoms with Gasteiger partial charge in [-0.3, -0.25) is 14.5 Å². The molecular weight excluding hydrogens is 308 g/mol. The van der Waals surface area contributed by atoms with Crippen LogP contribution in [0.25, 0.3) is 10.9 Å². The first kappa shape index (κ1) is 15.4. The summed E-state index contributed by atoms with van der Waals surface area (Å²) in [6, 6.07) is 9.05. The van der Waals surface area contributed by atoms with Crippen molar-refractivity contribution >= 4 is 16.9 Å². The average Bonchev–Trinajstić information content (AvgIpc) is 2.94. The number of para-hydroxylation sites is 1. The minimum absolute atomic E-state index is 0.00718. The van der Waals surface area contributed by atoms with E-state index in [9.17, 15) is 14.7 Å². The van der Waals surface area contributed by atoms with Crippen molar-refractivity contribution in [1.29, 1.82) is 0 Å². The van der Waals surface area contributed by atoms with E-state index in [0.717, 1.165) is 24.2 Å². The van der Waals surface area contributed by atoms with E-state index in [1.165, 1.54) is 0 Å². The van der Waals surface area contributed by atoms with Gasteiger partial charge in [-0.05, 0) is 24.5 Å². The number of rotatable bonds is 3. The average molecular weight is 328 g/mol. The molecule has 0 radical (unpaired) electrons. The highest BCUT2D eigenvalue weighted by Crippen LogP contribution is 2.42. The Morgan fingerprint density at radius 2 is 2.25 bits per heavy atom. The summed E-state index contributed by atoms with van der Waals surface area (Å²) in [6.07, 6.45) is 0.775. The predicted molar refractivity (Wildman–Crippen MR) is 88.8 cm³/mol. The highest BCUT2D eigenvalue weighted by molar-refractivity contribution is 5.78. The zero-order valence-electron chi connectivity index (χ0n) is 13.3. The molecule has 2 aliphatic heterocycles. The number of hydrogen-bond donors (Lipinski definition) is 2. The van der Waals surface area contributed by atoms with Gasteiger partial charge in [-0.15, -0.1) is 0 Å². The maximum Gasteiger partial charge on any atom is 0.313 e. The van der Waals surface area contributed by atoms with Crippen molar-refractivity contribution in [1.82, 2.24) is 9.88 Å². The molecule has 2 fully saturated rings. The Kier molecular flexibility index (Phi) is 3.66. The molecule has 24 heavy (non-hydrogen) atoms. The number of nitrogens with one attached hydrogen (secondary N) is 1. The smallest absolute Gasteiger partial charge is 0.313 e. The monoisotopic (exact) mass is 328 g/mol. The second kappa shape index (κ2) is 5.72. The highest BCUT2D eigenvalue weighted by Gasteiger charge is 2.53. The van der Waals surface area contributed by atoms with E-state index >= 15 is 0 Å². The lowest BCUT2D eigenvalue weighted by Crippen LogP contribution is -2.46. The number of aromatic nitrogens is 1. The molecule has 6 heteroatoms. The number of carboxylic acid groups (broad SMARTS) is 1. The number of benzene rings is 1. The van der Waals surface area contributed by atoms with Crippen molar-refractivity contribution in [2.75, 3.05) is 26.3 Å². The number of ether oxygens (including phenoxy) is 1. The molecule has 2 aliphatic rings. The predicted octanol–water partition coefficient (Wildman–Crippen LogP) is 1.45. The molecule has 2 aromatic rings. The molecule has 0 spiro atoms. The van der Waals surface area contributed by atoms with Crippen molar-refractivity contribution in [3.63, 3.8) is 0 Å². The number of aliphatic carboxylic acids is 1. The van der Waals surface area contributed by atoms with Gasteiger partial charge in [0.1, 0.15) is 5.41 Å². The van der Waals surface area contributed by atoms with Crippen LogP contribution < -0.4 is 5.43 Å². The number of fused-ring (bicyclic) bond motifs is 2. The number of pyridine rings is 1. The molecule has 4 rings (SSSR count). The Morgan fingerprint density at radius 3 is 3.04 bits per heavy atom. The van der Waals surface area contributed by atoms with Gasteiger partial charge in [0.15, 0.2) is 5.43 Å². The molecule has 1 aromatic heterocycles. The van der Waals surface area contributed by atoms with Crippen LogP contribution in [0, 0.1) is 11.3 Å². The third-order valence-corrected chi connectivity index (χ3v) is 5.35. The maximum absolute atomic E-state index is 12.2. The molecule has 2 saturated heterocycles. The van der Waals surface area contributed by atoms with Crippen molar-refractivity contribution in [3.05, 3.63) is 46.2 Å². The lowest BCUT2D eigenvalue weighted by Gasteiger charge is -2.34. The molecular formula is C18H20N2O4. The van der Waals surface area contributed by atoms with Crippen LogP contribution in [-0.2, 0) is 16.1 Å².